The Hall–Kier alpha value is -1.16. The highest BCUT2D eigenvalue weighted by atomic mass is 16.5. The van der Waals surface area contributed by atoms with E-state index in [1.54, 1.807) is 12.4 Å². The SMILES string of the molecule is CCNc1cnc(COC2CCCCC2)cn1. The third-order valence-corrected chi connectivity index (χ3v) is 3.08. The average molecular weight is 235 g/mol. The first-order valence-electron chi connectivity index (χ1n) is 6.55. The first-order chi connectivity index (χ1) is 8.38. The molecule has 1 heterocycles. The molecule has 1 fully saturated rings. The van der Waals surface area contributed by atoms with E-state index in [1.807, 2.05) is 6.92 Å². The van der Waals surface area contributed by atoms with Crippen molar-refractivity contribution < 1.29 is 4.74 Å². The maximum Gasteiger partial charge on any atom is 0.144 e. The van der Waals surface area contributed by atoms with Crippen LogP contribution >= 0.6 is 0 Å². The Kier molecular flexibility index (Phi) is 4.74. The lowest BCUT2D eigenvalue weighted by Gasteiger charge is -2.21. The summed E-state index contributed by atoms with van der Waals surface area (Å²) in [6.07, 6.45) is 10.3. The van der Waals surface area contributed by atoms with Gasteiger partial charge in [-0.2, -0.15) is 0 Å². The van der Waals surface area contributed by atoms with Crippen molar-refractivity contribution >= 4 is 5.82 Å². The van der Waals surface area contributed by atoms with E-state index in [-0.39, 0.29) is 0 Å². The van der Waals surface area contributed by atoms with E-state index in [1.165, 1.54) is 32.1 Å². The molecule has 0 unspecified atom stereocenters. The number of hydrogen-bond acceptors (Lipinski definition) is 4. The summed E-state index contributed by atoms with van der Waals surface area (Å²) in [6.45, 7) is 3.50. The number of hydrogen-bond donors (Lipinski definition) is 1. The van der Waals surface area contributed by atoms with Crippen LogP contribution in [-0.2, 0) is 11.3 Å². The highest BCUT2D eigenvalue weighted by molar-refractivity contribution is 5.30. The summed E-state index contributed by atoms with van der Waals surface area (Å²) >= 11 is 0. The molecular formula is C13H21N3O. The molecule has 4 heteroatoms. The standard InChI is InChI=1S/C13H21N3O/c1-2-14-13-9-15-11(8-16-13)10-17-12-6-4-3-5-7-12/h8-9,12H,2-7,10H2,1H3,(H,14,16). The minimum Gasteiger partial charge on any atom is -0.372 e. The molecule has 1 aromatic heterocycles. The summed E-state index contributed by atoms with van der Waals surface area (Å²) in [6, 6.07) is 0. The van der Waals surface area contributed by atoms with E-state index in [4.69, 9.17) is 4.74 Å². The van der Waals surface area contributed by atoms with Gasteiger partial charge in [-0.3, -0.25) is 4.98 Å². The van der Waals surface area contributed by atoms with Crippen LogP contribution in [0.15, 0.2) is 12.4 Å². The Morgan fingerprint density at radius 2 is 2.06 bits per heavy atom. The van der Waals surface area contributed by atoms with Crippen LogP contribution in [0.1, 0.15) is 44.7 Å². The van der Waals surface area contributed by atoms with Gasteiger partial charge in [0.1, 0.15) is 5.82 Å². The van der Waals surface area contributed by atoms with Crippen molar-refractivity contribution in [3.63, 3.8) is 0 Å². The monoisotopic (exact) mass is 235 g/mol. The molecule has 94 valence electrons. The van der Waals surface area contributed by atoms with Gasteiger partial charge in [0.15, 0.2) is 0 Å². The smallest absolute Gasteiger partial charge is 0.144 e. The summed E-state index contributed by atoms with van der Waals surface area (Å²) in [5, 5.41) is 3.13. The van der Waals surface area contributed by atoms with Gasteiger partial charge in [-0.05, 0) is 19.8 Å². The van der Waals surface area contributed by atoms with Gasteiger partial charge in [0.2, 0.25) is 0 Å². The topological polar surface area (TPSA) is 47.0 Å². The fourth-order valence-electron chi connectivity index (χ4n) is 2.14. The molecule has 1 aliphatic carbocycles. The van der Waals surface area contributed by atoms with Gasteiger partial charge in [-0.15, -0.1) is 0 Å². The van der Waals surface area contributed by atoms with E-state index < -0.39 is 0 Å². The zero-order chi connectivity index (χ0) is 11.9. The Labute approximate surface area is 103 Å². The van der Waals surface area contributed by atoms with E-state index in [9.17, 15) is 0 Å². The maximum absolute atomic E-state index is 5.85. The molecule has 1 saturated carbocycles. The average Bonchev–Trinajstić information content (AvgIpc) is 2.40. The van der Waals surface area contributed by atoms with Gasteiger partial charge in [0, 0.05) is 6.54 Å². The van der Waals surface area contributed by atoms with E-state index in [0.29, 0.717) is 12.7 Å². The number of nitrogens with one attached hydrogen (secondary N) is 1. The number of anilines is 1. The van der Waals surface area contributed by atoms with E-state index in [0.717, 1.165) is 18.1 Å². The Morgan fingerprint density at radius 3 is 2.71 bits per heavy atom. The molecule has 1 aliphatic rings. The molecule has 0 aliphatic heterocycles. The van der Waals surface area contributed by atoms with Crippen molar-refractivity contribution in [1.29, 1.82) is 0 Å². The Morgan fingerprint density at radius 1 is 1.24 bits per heavy atom. The second-order valence-electron chi connectivity index (χ2n) is 4.49. The van der Waals surface area contributed by atoms with Gasteiger partial charge < -0.3 is 10.1 Å². The summed E-state index contributed by atoms with van der Waals surface area (Å²) in [5.74, 6) is 0.828. The van der Waals surface area contributed by atoms with Crippen LogP contribution in [0.5, 0.6) is 0 Å². The second kappa shape index (κ2) is 6.55. The maximum atomic E-state index is 5.85. The van der Waals surface area contributed by atoms with Crippen molar-refractivity contribution in [1.82, 2.24) is 9.97 Å². The van der Waals surface area contributed by atoms with Gasteiger partial charge in [0.05, 0.1) is 30.8 Å². The highest BCUT2D eigenvalue weighted by Gasteiger charge is 2.13. The van der Waals surface area contributed by atoms with Crippen molar-refractivity contribution in [3.05, 3.63) is 18.1 Å². The summed E-state index contributed by atoms with van der Waals surface area (Å²) in [7, 11) is 0. The molecule has 0 atom stereocenters. The normalized spacial score (nSPS) is 17.0. The van der Waals surface area contributed by atoms with E-state index >= 15 is 0 Å². The number of nitrogens with zero attached hydrogens (tertiary/aromatic N) is 2. The van der Waals surface area contributed by atoms with E-state index in [2.05, 4.69) is 15.3 Å². The van der Waals surface area contributed by atoms with Gasteiger partial charge in [-0.25, -0.2) is 4.98 Å². The largest absolute Gasteiger partial charge is 0.372 e. The zero-order valence-electron chi connectivity index (χ0n) is 10.5. The molecule has 2 rings (SSSR count). The fourth-order valence-corrected chi connectivity index (χ4v) is 2.14. The van der Waals surface area contributed by atoms with Crippen molar-refractivity contribution in [2.24, 2.45) is 0 Å². The van der Waals surface area contributed by atoms with Crippen LogP contribution in [-0.4, -0.2) is 22.6 Å². The molecule has 17 heavy (non-hydrogen) atoms. The van der Waals surface area contributed by atoms with Crippen LogP contribution in [0, 0.1) is 0 Å². The molecule has 1 aromatic rings. The van der Waals surface area contributed by atoms with Crippen LogP contribution in [0.2, 0.25) is 0 Å². The fraction of sp³-hybridized carbons (Fsp3) is 0.692. The minimum absolute atomic E-state index is 0.430. The zero-order valence-corrected chi connectivity index (χ0v) is 10.5. The Balaban J connectivity index is 1.77. The Bertz CT molecular complexity index is 320. The summed E-state index contributed by atoms with van der Waals surface area (Å²) < 4.78 is 5.85. The molecule has 0 amide bonds. The first kappa shape index (κ1) is 12.3. The van der Waals surface area contributed by atoms with Crippen LogP contribution in [0.25, 0.3) is 0 Å². The minimum atomic E-state index is 0.430. The van der Waals surface area contributed by atoms with Crippen LogP contribution in [0.4, 0.5) is 5.82 Å². The number of aromatic nitrogens is 2. The van der Waals surface area contributed by atoms with Crippen LogP contribution in [0.3, 0.4) is 0 Å². The highest BCUT2D eigenvalue weighted by Crippen LogP contribution is 2.21. The molecule has 0 aromatic carbocycles. The number of rotatable bonds is 5. The number of ether oxygens (including phenoxy) is 1. The predicted molar refractivity (Wildman–Crippen MR) is 67.9 cm³/mol. The third-order valence-electron chi connectivity index (χ3n) is 3.08. The lowest BCUT2D eigenvalue weighted by Crippen LogP contribution is -2.16. The predicted octanol–water partition coefficient (Wildman–Crippen LogP) is 2.76. The molecule has 1 N–H and O–H groups in total. The first-order valence-corrected chi connectivity index (χ1v) is 6.55. The summed E-state index contributed by atoms with van der Waals surface area (Å²) in [4.78, 5) is 8.61. The molecular weight excluding hydrogens is 214 g/mol. The van der Waals surface area contributed by atoms with Crippen molar-refractivity contribution in [2.75, 3.05) is 11.9 Å². The van der Waals surface area contributed by atoms with Crippen molar-refractivity contribution in [2.45, 2.75) is 51.7 Å². The summed E-state index contributed by atoms with van der Waals surface area (Å²) in [5.41, 5.74) is 0.914. The van der Waals surface area contributed by atoms with Crippen LogP contribution < -0.4 is 5.32 Å². The van der Waals surface area contributed by atoms with Gasteiger partial charge >= 0.3 is 0 Å². The molecule has 0 bridgehead atoms. The molecule has 0 radical (unpaired) electrons. The third kappa shape index (κ3) is 3.97. The van der Waals surface area contributed by atoms with Crippen molar-refractivity contribution in [3.8, 4) is 0 Å². The quantitative estimate of drug-likeness (QED) is 0.852. The molecule has 4 nitrogen and oxygen atoms in total. The second-order valence-corrected chi connectivity index (χ2v) is 4.49. The van der Waals surface area contributed by atoms with Gasteiger partial charge in [-0.1, -0.05) is 19.3 Å². The molecule has 0 saturated heterocycles. The van der Waals surface area contributed by atoms with Gasteiger partial charge in [0.25, 0.3) is 0 Å². The lowest BCUT2D eigenvalue weighted by atomic mass is 9.98. The molecule has 0 spiro atoms. The lowest BCUT2D eigenvalue weighted by molar-refractivity contribution is 0.0151.